The van der Waals surface area contributed by atoms with E-state index in [1.165, 1.54) is 18.2 Å². The molecule has 0 aromatic heterocycles. The number of anilines is 1. The number of benzene rings is 2. The zero-order chi connectivity index (χ0) is 17.0. The van der Waals surface area contributed by atoms with Gasteiger partial charge in [0.1, 0.15) is 0 Å². The van der Waals surface area contributed by atoms with Crippen LogP contribution in [0.4, 0.5) is 11.4 Å². The highest BCUT2D eigenvalue weighted by atomic mass is 16.6. The van der Waals surface area contributed by atoms with Gasteiger partial charge in [-0.25, -0.2) is 5.43 Å². The third kappa shape index (κ3) is 3.91. The Morgan fingerprint density at radius 2 is 1.78 bits per heavy atom. The molecule has 0 aliphatic carbocycles. The molecule has 0 unspecified atom stereocenters. The summed E-state index contributed by atoms with van der Waals surface area (Å²) in [6, 6.07) is 11.3. The van der Waals surface area contributed by atoms with Gasteiger partial charge in [-0.15, -0.1) is 0 Å². The predicted molar refractivity (Wildman–Crippen MR) is 88.4 cm³/mol. The number of nitrogens with two attached hydrogens (primary N) is 1. The molecule has 0 saturated carbocycles. The minimum absolute atomic E-state index is 0.0249. The fourth-order valence-electron chi connectivity index (χ4n) is 1.99. The molecule has 0 aliphatic heterocycles. The van der Waals surface area contributed by atoms with Crippen LogP contribution in [-0.2, 0) is 0 Å². The van der Waals surface area contributed by atoms with Crippen molar-refractivity contribution in [3.05, 3.63) is 69.3 Å². The van der Waals surface area contributed by atoms with Crippen molar-refractivity contribution in [1.29, 1.82) is 0 Å². The topological polar surface area (TPSA) is 111 Å². The first-order valence-corrected chi connectivity index (χ1v) is 6.84. The van der Waals surface area contributed by atoms with E-state index in [1.807, 2.05) is 0 Å². The van der Waals surface area contributed by atoms with Gasteiger partial charge in [0.15, 0.2) is 0 Å². The smallest absolute Gasteiger partial charge is 0.272 e. The quantitative estimate of drug-likeness (QED) is 0.391. The van der Waals surface area contributed by atoms with Gasteiger partial charge >= 0.3 is 0 Å². The molecule has 3 N–H and O–H groups in total. The number of amides is 1. The second-order valence-electron chi connectivity index (χ2n) is 5.02. The van der Waals surface area contributed by atoms with Crippen molar-refractivity contribution in [2.75, 3.05) is 5.73 Å². The van der Waals surface area contributed by atoms with E-state index in [-0.39, 0.29) is 5.69 Å². The summed E-state index contributed by atoms with van der Waals surface area (Å²) in [6.45, 7) is 3.34. The minimum Gasteiger partial charge on any atom is -0.399 e. The monoisotopic (exact) mass is 312 g/mol. The van der Waals surface area contributed by atoms with E-state index in [0.717, 1.165) is 5.56 Å². The van der Waals surface area contributed by atoms with Gasteiger partial charge in [0, 0.05) is 22.9 Å². The molecule has 2 rings (SSSR count). The molecule has 1 amide bonds. The number of aryl methyl sites for hydroxylation is 1. The van der Waals surface area contributed by atoms with Crippen molar-refractivity contribution in [3.8, 4) is 0 Å². The van der Waals surface area contributed by atoms with Crippen molar-refractivity contribution in [3.63, 3.8) is 0 Å². The zero-order valence-electron chi connectivity index (χ0n) is 12.7. The van der Waals surface area contributed by atoms with Crippen molar-refractivity contribution in [1.82, 2.24) is 5.43 Å². The molecular formula is C16H16N4O3. The lowest BCUT2D eigenvalue weighted by atomic mass is 10.1. The summed E-state index contributed by atoms with van der Waals surface area (Å²) >= 11 is 0. The first-order valence-electron chi connectivity index (χ1n) is 6.84. The first kappa shape index (κ1) is 16.2. The van der Waals surface area contributed by atoms with Crippen molar-refractivity contribution < 1.29 is 9.72 Å². The Labute approximate surface area is 133 Å². The van der Waals surface area contributed by atoms with Gasteiger partial charge < -0.3 is 5.73 Å². The molecule has 7 nitrogen and oxygen atoms in total. The van der Waals surface area contributed by atoms with Crippen LogP contribution in [0.25, 0.3) is 0 Å². The van der Waals surface area contributed by atoms with Gasteiger partial charge in [0.25, 0.3) is 11.6 Å². The molecular weight excluding hydrogens is 296 g/mol. The number of hydrogen-bond acceptors (Lipinski definition) is 5. The third-order valence-electron chi connectivity index (χ3n) is 3.31. The highest BCUT2D eigenvalue weighted by Gasteiger charge is 2.13. The Balaban J connectivity index is 2.12. The third-order valence-corrected chi connectivity index (χ3v) is 3.31. The van der Waals surface area contributed by atoms with Crippen LogP contribution >= 0.6 is 0 Å². The molecule has 0 atom stereocenters. The second kappa shape index (κ2) is 6.69. The molecule has 0 spiro atoms. The van der Waals surface area contributed by atoms with Gasteiger partial charge in [0.2, 0.25) is 0 Å². The summed E-state index contributed by atoms with van der Waals surface area (Å²) in [7, 11) is 0. The van der Waals surface area contributed by atoms with Crippen LogP contribution in [0.15, 0.2) is 47.6 Å². The highest BCUT2D eigenvalue weighted by Crippen LogP contribution is 2.18. The second-order valence-corrected chi connectivity index (χ2v) is 5.02. The van der Waals surface area contributed by atoms with Crippen LogP contribution in [0.2, 0.25) is 0 Å². The summed E-state index contributed by atoms with van der Waals surface area (Å²) in [6.07, 6.45) is 0. The fourth-order valence-corrected chi connectivity index (χ4v) is 1.99. The lowest BCUT2D eigenvalue weighted by Crippen LogP contribution is -2.19. The number of nitrogens with zero attached hydrogens (tertiary/aromatic N) is 2. The van der Waals surface area contributed by atoms with E-state index in [9.17, 15) is 14.9 Å². The molecule has 118 valence electrons. The summed E-state index contributed by atoms with van der Waals surface area (Å²) in [4.78, 5) is 22.3. The Hall–Kier alpha value is -3.22. The van der Waals surface area contributed by atoms with Gasteiger partial charge in [0.05, 0.1) is 10.6 Å². The van der Waals surface area contributed by atoms with E-state index in [4.69, 9.17) is 5.73 Å². The van der Waals surface area contributed by atoms with Crippen molar-refractivity contribution in [2.24, 2.45) is 5.10 Å². The summed E-state index contributed by atoms with van der Waals surface area (Å²) in [5, 5.41) is 14.8. The summed E-state index contributed by atoms with van der Waals surface area (Å²) in [5.41, 5.74) is 10.9. The predicted octanol–water partition coefficient (Wildman–Crippen LogP) is 2.64. The molecule has 0 fully saturated rings. The fraction of sp³-hybridized carbons (Fsp3) is 0.125. The average Bonchev–Trinajstić information content (AvgIpc) is 2.52. The summed E-state index contributed by atoms with van der Waals surface area (Å²) in [5.74, 6) is -0.433. The van der Waals surface area contributed by atoms with Gasteiger partial charge in [-0.2, -0.15) is 5.10 Å². The van der Waals surface area contributed by atoms with Gasteiger partial charge in [-0.05, 0) is 43.7 Å². The number of nitrogen functional groups attached to an aromatic ring is 1. The normalized spacial score (nSPS) is 11.1. The van der Waals surface area contributed by atoms with Gasteiger partial charge in [-0.1, -0.05) is 12.1 Å². The average molecular weight is 312 g/mol. The van der Waals surface area contributed by atoms with Crippen LogP contribution in [0.5, 0.6) is 0 Å². The standard InChI is InChI=1S/C16H16N4O3/c1-10-9-13(5-8-15(10)20(22)23)16(21)19-18-11(2)12-3-6-14(17)7-4-12/h3-9H,17H2,1-2H3,(H,19,21)/b18-11+. The van der Waals surface area contributed by atoms with Crippen molar-refractivity contribution in [2.45, 2.75) is 13.8 Å². The Morgan fingerprint density at radius 3 is 2.35 bits per heavy atom. The largest absolute Gasteiger partial charge is 0.399 e. The number of nitro groups is 1. The maximum atomic E-state index is 12.1. The SMILES string of the molecule is C/C(=N\NC(=O)c1ccc([N+](=O)[O-])c(C)c1)c1ccc(N)cc1. The number of hydrogen-bond donors (Lipinski definition) is 2. The number of hydrazone groups is 1. The van der Waals surface area contributed by atoms with Crippen LogP contribution < -0.4 is 11.2 Å². The van der Waals surface area contributed by atoms with E-state index in [1.54, 1.807) is 38.1 Å². The maximum Gasteiger partial charge on any atom is 0.272 e. The van der Waals surface area contributed by atoms with Crippen LogP contribution in [0.3, 0.4) is 0 Å². The van der Waals surface area contributed by atoms with Crippen molar-refractivity contribution >= 4 is 23.0 Å². The Kier molecular flexibility index (Phi) is 4.70. The molecule has 7 heteroatoms. The lowest BCUT2D eigenvalue weighted by Gasteiger charge is -2.04. The van der Waals surface area contributed by atoms with E-state index in [2.05, 4.69) is 10.5 Å². The van der Waals surface area contributed by atoms with Crippen LogP contribution in [0.1, 0.15) is 28.4 Å². The lowest BCUT2D eigenvalue weighted by molar-refractivity contribution is -0.385. The minimum atomic E-state index is -0.486. The van der Waals surface area contributed by atoms with Crippen LogP contribution in [-0.4, -0.2) is 16.5 Å². The molecule has 0 saturated heterocycles. The molecule has 0 aliphatic rings. The number of nitrogens with one attached hydrogen (secondary N) is 1. The Bertz CT molecular complexity index is 782. The molecule has 0 bridgehead atoms. The highest BCUT2D eigenvalue weighted by molar-refractivity contribution is 6.01. The number of carbonyl (C=O) groups is 1. The number of carbonyl (C=O) groups excluding carboxylic acids is 1. The first-order chi connectivity index (χ1) is 10.9. The molecule has 23 heavy (non-hydrogen) atoms. The summed E-state index contributed by atoms with van der Waals surface area (Å²) < 4.78 is 0. The molecule has 2 aromatic carbocycles. The molecule has 2 aromatic rings. The molecule has 0 heterocycles. The zero-order valence-corrected chi connectivity index (χ0v) is 12.7. The van der Waals surface area contributed by atoms with E-state index >= 15 is 0 Å². The number of rotatable bonds is 4. The molecule has 0 radical (unpaired) electrons. The maximum absolute atomic E-state index is 12.1. The Morgan fingerprint density at radius 1 is 1.17 bits per heavy atom. The van der Waals surface area contributed by atoms with E-state index < -0.39 is 10.8 Å². The van der Waals surface area contributed by atoms with Crippen LogP contribution in [0, 0.1) is 17.0 Å². The van der Waals surface area contributed by atoms with E-state index in [0.29, 0.717) is 22.5 Å². The number of nitro benzene ring substituents is 1. The van der Waals surface area contributed by atoms with Gasteiger partial charge in [-0.3, -0.25) is 14.9 Å².